The zero-order valence-electron chi connectivity index (χ0n) is 12.6. The summed E-state index contributed by atoms with van der Waals surface area (Å²) in [4.78, 5) is 35.0. The molecule has 1 aliphatic rings. The Hall–Kier alpha value is -2.85. The molecule has 1 aliphatic heterocycles. The highest BCUT2D eigenvalue weighted by molar-refractivity contribution is 5.96. The number of benzene rings is 1. The monoisotopic (exact) mass is 363 g/mol. The van der Waals surface area contributed by atoms with Crippen molar-refractivity contribution in [1.82, 2.24) is 15.5 Å². The summed E-state index contributed by atoms with van der Waals surface area (Å²) in [5.74, 6) is -2.91. The molecule has 1 aromatic rings. The third-order valence-corrected chi connectivity index (χ3v) is 3.41. The smallest absolute Gasteiger partial charge is 0.416 e. The van der Waals surface area contributed by atoms with Crippen LogP contribution in [-0.4, -0.2) is 53.6 Å². The van der Waals surface area contributed by atoms with Crippen molar-refractivity contribution < 1.29 is 37.1 Å². The van der Waals surface area contributed by atoms with E-state index >= 15 is 0 Å². The number of likely N-dealkylation sites (tertiary alicyclic amines) is 1. The molecule has 1 heterocycles. The number of hydrogen-bond acceptors (Lipinski definition) is 3. The van der Waals surface area contributed by atoms with Crippen molar-refractivity contribution in [1.29, 1.82) is 0 Å². The number of carbonyl (C=O) groups excluding carboxylic acids is 2. The highest BCUT2D eigenvalue weighted by Crippen LogP contribution is 2.30. The second kappa shape index (κ2) is 6.95. The quantitative estimate of drug-likeness (QED) is 0.697. The number of carboxylic acid groups (broad SMARTS) is 1. The predicted octanol–water partition coefficient (Wildman–Crippen LogP) is 1.05. The maximum absolute atomic E-state index is 13.2. The van der Waals surface area contributed by atoms with Gasteiger partial charge in [-0.2, -0.15) is 13.2 Å². The van der Waals surface area contributed by atoms with E-state index in [1.165, 1.54) is 0 Å². The SMILES string of the molecule is O=C(CNC(=O)c1cc(F)cc(C(F)(F)F)c1)NC1CN(C(=O)O)C1. The first-order valence-corrected chi connectivity index (χ1v) is 6.99. The molecular formula is C14H13F4N3O4. The zero-order valence-corrected chi connectivity index (χ0v) is 12.6. The molecule has 1 saturated heterocycles. The molecule has 0 unspecified atom stereocenters. The highest BCUT2D eigenvalue weighted by atomic mass is 19.4. The van der Waals surface area contributed by atoms with Gasteiger partial charge in [-0.3, -0.25) is 9.59 Å². The molecule has 1 aromatic carbocycles. The molecule has 0 saturated carbocycles. The molecule has 0 aromatic heterocycles. The molecule has 136 valence electrons. The van der Waals surface area contributed by atoms with Crippen molar-refractivity contribution >= 4 is 17.9 Å². The zero-order chi connectivity index (χ0) is 18.8. The fourth-order valence-corrected chi connectivity index (χ4v) is 2.15. The van der Waals surface area contributed by atoms with E-state index in [0.717, 1.165) is 4.90 Å². The van der Waals surface area contributed by atoms with Crippen LogP contribution in [0.5, 0.6) is 0 Å². The van der Waals surface area contributed by atoms with Crippen molar-refractivity contribution in [2.75, 3.05) is 19.6 Å². The number of rotatable bonds is 4. The van der Waals surface area contributed by atoms with Crippen LogP contribution in [0.1, 0.15) is 15.9 Å². The van der Waals surface area contributed by atoms with Gasteiger partial charge in [0.1, 0.15) is 5.82 Å². The van der Waals surface area contributed by atoms with Crippen molar-refractivity contribution in [3.63, 3.8) is 0 Å². The number of carbonyl (C=O) groups is 3. The summed E-state index contributed by atoms with van der Waals surface area (Å²) < 4.78 is 51.0. The maximum Gasteiger partial charge on any atom is 0.416 e. The van der Waals surface area contributed by atoms with Crippen LogP contribution in [0, 0.1) is 5.82 Å². The minimum Gasteiger partial charge on any atom is -0.465 e. The summed E-state index contributed by atoms with van der Waals surface area (Å²) in [5.41, 5.74) is -1.88. The minimum atomic E-state index is -4.81. The van der Waals surface area contributed by atoms with Crippen LogP contribution >= 0.6 is 0 Å². The standard InChI is InChI=1S/C14H13F4N3O4/c15-9-2-7(1-8(3-9)14(16,17)18)12(23)19-4-11(22)20-10-5-21(6-10)13(24)25/h1-3,10H,4-6H2,(H,19,23)(H,20,22)(H,24,25). The Morgan fingerprint density at radius 3 is 2.40 bits per heavy atom. The van der Waals surface area contributed by atoms with Gasteiger partial charge in [-0.15, -0.1) is 0 Å². The van der Waals surface area contributed by atoms with Crippen LogP contribution in [0.4, 0.5) is 22.4 Å². The lowest BCUT2D eigenvalue weighted by atomic mass is 10.1. The Morgan fingerprint density at radius 2 is 1.84 bits per heavy atom. The van der Waals surface area contributed by atoms with Gasteiger partial charge in [0.2, 0.25) is 5.91 Å². The maximum atomic E-state index is 13.2. The Balaban J connectivity index is 1.87. The predicted molar refractivity (Wildman–Crippen MR) is 75.3 cm³/mol. The van der Waals surface area contributed by atoms with Gasteiger partial charge in [0.05, 0.1) is 18.2 Å². The summed E-state index contributed by atoms with van der Waals surface area (Å²) in [5, 5.41) is 13.2. The molecule has 0 spiro atoms. The van der Waals surface area contributed by atoms with E-state index < -0.39 is 53.6 Å². The number of nitrogens with one attached hydrogen (secondary N) is 2. The molecule has 11 heteroatoms. The van der Waals surface area contributed by atoms with Gasteiger partial charge in [-0.1, -0.05) is 0 Å². The van der Waals surface area contributed by atoms with Gasteiger partial charge in [-0.05, 0) is 18.2 Å². The summed E-state index contributed by atoms with van der Waals surface area (Å²) in [7, 11) is 0. The normalized spacial score (nSPS) is 14.6. The van der Waals surface area contributed by atoms with Gasteiger partial charge in [0.15, 0.2) is 0 Å². The van der Waals surface area contributed by atoms with E-state index in [4.69, 9.17) is 5.11 Å². The molecule has 3 amide bonds. The summed E-state index contributed by atoms with van der Waals surface area (Å²) >= 11 is 0. The van der Waals surface area contributed by atoms with Crippen LogP contribution in [-0.2, 0) is 11.0 Å². The molecule has 7 nitrogen and oxygen atoms in total. The molecule has 0 aliphatic carbocycles. The van der Waals surface area contributed by atoms with Crippen molar-refractivity contribution in [3.8, 4) is 0 Å². The van der Waals surface area contributed by atoms with Gasteiger partial charge >= 0.3 is 12.3 Å². The molecule has 1 fully saturated rings. The molecule has 25 heavy (non-hydrogen) atoms. The number of amides is 3. The second-order valence-corrected chi connectivity index (χ2v) is 5.36. The number of halogens is 4. The minimum absolute atomic E-state index is 0.105. The number of nitrogens with zero attached hydrogens (tertiary/aromatic N) is 1. The largest absolute Gasteiger partial charge is 0.465 e. The highest BCUT2D eigenvalue weighted by Gasteiger charge is 2.33. The van der Waals surface area contributed by atoms with Crippen LogP contribution < -0.4 is 10.6 Å². The summed E-state index contributed by atoms with van der Waals surface area (Å²) in [6.45, 7) is -0.331. The lowest BCUT2D eigenvalue weighted by molar-refractivity contribution is -0.137. The van der Waals surface area contributed by atoms with Crippen LogP contribution in [0.3, 0.4) is 0 Å². The average Bonchev–Trinajstić information content (AvgIpc) is 2.46. The topological polar surface area (TPSA) is 98.7 Å². The number of hydrogen-bond donors (Lipinski definition) is 3. The molecule has 2 rings (SSSR count). The average molecular weight is 363 g/mol. The first kappa shape index (κ1) is 18.5. The Bertz CT molecular complexity index is 702. The number of alkyl halides is 3. The van der Waals surface area contributed by atoms with Gasteiger partial charge in [0.25, 0.3) is 5.91 Å². The molecule has 0 radical (unpaired) electrons. The van der Waals surface area contributed by atoms with E-state index in [9.17, 15) is 31.9 Å². The second-order valence-electron chi connectivity index (χ2n) is 5.36. The van der Waals surface area contributed by atoms with Crippen molar-refractivity contribution in [2.24, 2.45) is 0 Å². The van der Waals surface area contributed by atoms with Gasteiger partial charge in [0, 0.05) is 18.7 Å². The van der Waals surface area contributed by atoms with Crippen LogP contribution in [0.2, 0.25) is 0 Å². The van der Waals surface area contributed by atoms with Crippen molar-refractivity contribution in [3.05, 3.63) is 35.1 Å². The van der Waals surface area contributed by atoms with Crippen LogP contribution in [0.15, 0.2) is 18.2 Å². The van der Waals surface area contributed by atoms with E-state index in [1.807, 2.05) is 0 Å². The van der Waals surface area contributed by atoms with E-state index in [1.54, 1.807) is 0 Å². The fraction of sp³-hybridized carbons (Fsp3) is 0.357. The molecule has 3 N–H and O–H groups in total. The van der Waals surface area contributed by atoms with Crippen molar-refractivity contribution in [2.45, 2.75) is 12.2 Å². The van der Waals surface area contributed by atoms with Gasteiger partial charge < -0.3 is 20.6 Å². The summed E-state index contributed by atoms with van der Waals surface area (Å²) in [6, 6.07) is 0.965. The van der Waals surface area contributed by atoms with Gasteiger partial charge in [-0.25, -0.2) is 9.18 Å². The Kier molecular flexibility index (Phi) is 5.14. The first-order chi connectivity index (χ1) is 11.6. The third kappa shape index (κ3) is 4.81. The fourth-order valence-electron chi connectivity index (χ4n) is 2.15. The third-order valence-electron chi connectivity index (χ3n) is 3.41. The van der Waals surface area contributed by atoms with E-state index in [-0.39, 0.29) is 19.2 Å². The lowest BCUT2D eigenvalue weighted by Crippen LogP contribution is -2.61. The molecule has 0 atom stereocenters. The Morgan fingerprint density at radius 1 is 1.20 bits per heavy atom. The van der Waals surface area contributed by atoms with E-state index in [2.05, 4.69) is 10.6 Å². The molecule has 0 bridgehead atoms. The first-order valence-electron chi connectivity index (χ1n) is 6.99. The lowest BCUT2D eigenvalue weighted by Gasteiger charge is -2.37. The molecular weight excluding hydrogens is 350 g/mol. The summed E-state index contributed by atoms with van der Waals surface area (Å²) in [6.07, 6.45) is -5.93. The van der Waals surface area contributed by atoms with E-state index in [0.29, 0.717) is 12.1 Å². The van der Waals surface area contributed by atoms with Crippen LogP contribution in [0.25, 0.3) is 0 Å². The Labute approximate surface area is 138 Å².